The van der Waals surface area contributed by atoms with E-state index in [2.05, 4.69) is 15.2 Å². The number of aliphatic imine (C=N–C) groups is 1. The molecule has 5 nitrogen and oxygen atoms in total. The average molecular weight is 336 g/mol. The zero-order valence-electron chi connectivity index (χ0n) is 15.0. The average Bonchev–Trinajstić information content (AvgIpc) is 3.04. The van der Waals surface area contributed by atoms with Gasteiger partial charge in [0.25, 0.3) is 0 Å². The van der Waals surface area contributed by atoms with Crippen molar-refractivity contribution in [1.82, 2.24) is 10.2 Å². The van der Waals surface area contributed by atoms with Crippen LogP contribution in [-0.4, -0.2) is 64.9 Å². The summed E-state index contributed by atoms with van der Waals surface area (Å²) in [6, 6.07) is 6.88. The molecule has 0 spiro atoms. The number of anilines is 1. The van der Waals surface area contributed by atoms with E-state index in [-0.39, 0.29) is 5.82 Å². The first kappa shape index (κ1) is 18.5. The Labute approximate surface area is 144 Å². The quantitative estimate of drug-likeness (QED) is 0.471. The number of likely N-dealkylation sites (tertiary alicyclic amines) is 1. The van der Waals surface area contributed by atoms with Crippen LogP contribution >= 0.6 is 0 Å². The van der Waals surface area contributed by atoms with Gasteiger partial charge in [-0.05, 0) is 25.0 Å². The lowest BCUT2D eigenvalue weighted by atomic mass is 10.1. The van der Waals surface area contributed by atoms with Crippen molar-refractivity contribution in [2.75, 3.05) is 58.9 Å². The largest absolute Gasteiger partial charge is 0.384 e. The molecule has 24 heavy (non-hydrogen) atoms. The number of hydrogen-bond donors (Lipinski definition) is 1. The number of nitrogens with zero attached hydrogens (tertiary/aromatic N) is 3. The third-order valence-electron chi connectivity index (χ3n) is 4.42. The van der Waals surface area contributed by atoms with Crippen molar-refractivity contribution in [3.8, 4) is 0 Å². The number of ether oxygens (including phenoxy) is 1. The Kier molecular flexibility index (Phi) is 7.31. The van der Waals surface area contributed by atoms with Crippen molar-refractivity contribution in [2.45, 2.75) is 12.8 Å². The van der Waals surface area contributed by atoms with Gasteiger partial charge in [0.15, 0.2) is 5.96 Å². The van der Waals surface area contributed by atoms with Gasteiger partial charge in [0.05, 0.1) is 12.3 Å². The second-order valence-corrected chi connectivity index (χ2v) is 6.26. The Morgan fingerprint density at radius 3 is 2.96 bits per heavy atom. The highest BCUT2D eigenvalue weighted by Gasteiger charge is 2.24. The summed E-state index contributed by atoms with van der Waals surface area (Å²) in [6.45, 7) is 4.42. The predicted octanol–water partition coefficient (Wildman–Crippen LogP) is 2.20. The van der Waals surface area contributed by atoms with E-state index >= 15 is 0 Å². The number of para-hydroxylation sites is 1. The van der Waals surface area contributed by atoms with Gasteiger partial charge in [-0.3, -0.25) is 4.99 Å². The fourth-order valence-electron chi connectivity index (χ4n) is 3.13. The summed E-state index contributed by atoms with van der Waals surface area (Å²) in [7, 11) is 5.49. The van der Waals surface area contributed by atoms with Gasteiger partial charge in [0.1, 0.15) is 5.82 Å². The summed E-state index contributed by atoms with van der Waals surface area (Å²) in [5, 5.41) is 3.41. The first-order chi connectivity index (χ1) is 11.7. The van der Waals surface area contributed by atoms with Crippen LogP contribution in [0, 0.1) is 11.7 Å². The van der Waals surface area contributed by atoms with E-state index in [4.69, 9.17) is 4.74 Å². The molecule has 1 aliphatic rings. The number of guanidine groups is 1. The third kappa shape index (κ3) is 5.09. The minimum atomic E-state index is -0.176. The molecule has 1 aromatic carbocycles. The van der Waals surface area contributed by atoms with Crippen LogP contribution in [-0.2, 0) is 4.74 Å². The van der Waals surface area contributed by atoms with Crippen LogP contribution in [0.3, 0.4) is 0 Å². The molecule has 1 aromatic rings. The Morgan fingerprint density at radius 1 is 1.46 bits per heavy atom. The fraction of sp³-hybridized carbons (Fsp3) is 0.611. The van der Waals surface area contributed by atoms with Crippen LogP contribution < -0.4 is 10.2 Å². The lowest BCUT2D eigenvalue weighted by Crippen LogP contribution is -2.41. The first-order valence-corrected chi connectivity index (χ1v) is 8.56. The van der Waals surface area contributed by atoms with Gasteiger partial charge < -0.3 is 19.9 Å². The number of nitrogens with one attached hydrogen (secondary N) is 1. The fourth-order valence-corrected chi connectivity index (χ4v) is 3.13. The van der Waals surface area contributed by atoms with Crippen LogP contribution in [0.1, 0.15) is 12.8 Å². The van der Waals surface area contributed by atoms with Crippen LogP contribution in [0.15, 0.2) is 29.3 Å². The Bertz CT molecular complexity index is 538. The lowest BCUT2D eigenvalue weighted by Gasteiger charge is -2.23. The minimum absolute atomic E-state index is 0.176. The summed E-state index contributed by atoms with van der Waals surface area (Å²) in [6.07, 6.45) is 2.06. The molecule has 1 saturated heterocycles. The number of hydrogen-bond acceptors (Lipinski definition) is 3. The zero-order valence-corrected chi connectivity index (χ0v) is 15.0. The van der Waals surface area contributed by atoms with E-state index in [1.165, 1.54) is 6.07 Å². The molecule has 0 bridgehead atoms. The van der Waals surface area contributed by atoms with E-state index in [1.807, 2.05) is 31.1 Å². The summed E-state index contributed by atoms with van der Waals surface area (Å²) < 4.78 is 19.0. The predicted molar refractivity (Wildman–Crippen MR) is 97.2 cm³/mol. The standard InChI is InChI=1S/C18H29FN4O/c1-20-18(23-12-9-15(13-23)14-24-3)21-10-6-11-22(2)17-8-5-4-7-16(17)19/h4-5,7-8,15H,6,9-14H2,1-3H3,(H,20,21). The van der Waals surface area contributed by atoms with Gasteiger partial charge in [0, 0.05) is 53.3 Å². The molecule has 0 aromatic heterocycles. The molecule has 1 heterocycles. The van der Waals surface area contributed by atoms with E-state index < -0.39 is 0 Å². The lowest BCUT2D eigenvalue weighted by molar-refractivity contribution is 0.157. The molecule has 0 amide bonds. The van der Waals surface area contributed by atoms with E-state index in [9.17, 15) is 4.39 Å². The minimum Gasteiger partial charge on any atom is -0.384 e. The zero-order chi connectivity index (χ0) is 17.4. The molecular weight excluding hydrogens is 307 g/mol. The van der Waals surface area contributed by atoms with Crippen molar-refractivity contribution in [1.29, 1.82) is 0 Å². The van der Waals surface area contributed by atoms with Crippen LogP contribution in [0.2, 0.25) is 0 Å². The van der Waals surface area contributed by atoms with Gasteiger partial charge in [0.2, 0.25) is 0 Å². The maximum atomic E-state index is 13.7. The first-order valence-electron chi connectivity index (χ1n) is 8.56. The summed E-state index contributed by atoms with van der Waals surface area (Å²) >= 11 is 0. The topological polar surface area (TPSA) is 40.1 Å². The van der Waals surface area contributed by atoms with Gasteiger partial charge in [-0.1, -0.05) is 12.1 Å². The molecule has 134 valence electrons. The van der Waals surface area contributed by atoms with Crippen LogP contribution in [0.4, 0.5) is 10.1 Å². The molecule has 6 heteroatoms. The van der Waals surface area contributed by atoms with E-state index in [0.717, 1.165) is 51.6 Å². The molecule has 1 N–H and O–H groups in total. The molecule has 2 rings (SSSR count). The highest BCUT2D eigenvalue weighted by molar-refractivity contribution is 5.80. The molecule has 1 unspecified atom stereocenters. The molecular formula is C18H29FN4O. The summed E-state index contributed by atoms with van der Waals surface area (Å²) in [4.78, 5) is 8.60. The monoisotopic (exact) mass is 336 g/mol. The number of rotatable bonds is 7. The highest BCUT2D eigenvalue weighted by atomic mass is 19.1. The summed E-state index contributed by atoms with van der Waals surface area (Å²) in [5.41, 5.74) is 0.642. The normalized spacial score (nSPS) is 18.1. The van der Waals surface area contributed by atoms with Crippen molar-refractivity contribution in [3.05, 3.63) is 30.1 Å². The second kappa shape index (κ2) is 9.47. The number of halogens is 1. The molecule has 1 fully saturated rings. The molecule has 0 radical (unpaired) electrons. The van der Waals surface area contributed by atoms with Gasteiger partial charge in [-0.15, -0.1) is 0 Å². The maximum absolute atomic E-state index is 13.7. The van der Waals surface area contributed by atoms with Crippen molar-refractivity contribution >= 4 is 11.6 Å². The van der Waals surface area contributed by atoms with Crippen molar-refractivity contribution in [3.63, 3.8) is 0 Å². The van der Waals surface area contributed by atoms with Crippen LogP contribution in [0.25, 0.3) is 0 Å². The third-order valence-corrected chi connectivity index (χ3v) is 4.42. The van der Waals surface area contributed by atoms with Gasteiger partial charge in [-0.25, -0.2) is 4.39 Å². The SMILES string of the molecule is CN=C(NCCCN(C)c1ccccc1F)N1CCC(COC)C1. The number of benzene rings is 1. The van der Waals surface area contributed by atoms with Crippen molar-refractivity contribution in [2.24, 2.45) is 10.9 Å². The van der Waals surface area contributed by atoms with E-state index in [1.54, 1.807) is 13.2 Å². The molecule has 1 aliphatic heterocycles. The second-order valence-electron chi connectivity index (χ2n) is 6.26. The number of methoxy groups -OCH3 is 1. The summed E-state index contributed by atoms with van der Waals surface area (Å²) in [5.74, 6) is 1.35. The van der Waals surface area contributed by atoms with Gasteiger partial charge >= 0.3 is 0 Å². The van der Waals surface area contributed by atoms with Gasteiger partial charge in [-0.2, -0.15) is 0 Å². The highest BCUT2D eigenvalue weighted by Crippen LogP contribution is 2.17. The Balaban J connectivity index is 1.72. The molecule has 1 atom stereocenters. The maximum Gasteiger partial charge on any atom is 0.193 e. The van der Waals surface area contributed by atoms with Crippen LogP contribution in [0.5, 0.6) is 0 Å². The van der Waals surface area contributed by atoms with E-state index in [0.29, 0.717) is 11.6 Å². The Morgan fingerprint density at radius 2 is 2.25 bits per heavy atom. The Hall–Kier alpha value is -1.82. The van der Waals surface area contributed by atoms with Crippen molar-refractivity contribution < 1.29 is 9.13 Å². The molecule has 0 saturated carbocycles. The molecule has 0 aliphatic carbocycles. The smallest absolute Gasteiger partial charge is 0.193 e.